The van der Waals surface area contributed by atoms with Crippen molar-refractivity contribution in [3.05, 3.63) is 51.6 Å². The van der Waals surface area contributed by atoms with Crippen LogP contribution >= 0.6 is 23.2 Å². The highest BCUT2D eigenvalue weighted by Crippen LogP contribution is 2.41. The van der Waals surface area contributed by atoms with Gasteiger partial charge in [-0.3, -0.25) is 4.90 Å². The van der Waals surface area contributed by atoms with Crippen LogP contribution in [0, 0.1) is 0 Å². The van der Waals surface area contributed by atoms with Gasteiger partial charge in [-0.1, -0.05) is 41.4 Å². The zero-order valence-corrected chi connectivity index (χ0v) is 24.4. The Kier molecular flexibility index (Phi) is 6.28. The van der Waals surface area contributed by atoms with Crippen LogP contribution in [0.3, 0.4) is 0 Å². The molecule has 2 atom stereocenters. The normalized spacial score (nSPS) is 25.4. The Morgan fingerprint density at radius 3 is 2.55 bits per heavy atom. The van der Waals surface area contributed by atoms with E-state index in [1.807, 2.05) is 12.1 Å². The molecule has 1 aromatic heterocycles. The van der Waals surface area contributed by atoms with Gasteiger partial charge in [0.05, 0.1) is 27.8 Å². The summed E-state index contributed by atoms with van der Waals surface area (Å²) in [5.41, 5.74) is 3.61. The van der Waals surface area contributed by atoms with Gasteiger partial charge in [0.1, 0.15) is 12.4 Å². The molecule has 6 heterocycles. The van der Waals surface area contributed by atoms with E-state index >= 15 is 0 Å². The van der Waals surface area contributed by atoms with Crippen LogP contribution in [0.1, 0.15) is 49.8 Å². The third-order valence-corrected chi connectivity index (χ3v) is 10.9. The van der Waals surface area contributed by atoms with E-state index in [4.69, 9.17) is 37.9 Å². The molecule has 0 saturated carbocycles. The summed E-state index contributed by atoms with van der Waals surface area (Å²) in [5, 5.41) is 7.07. The molecule has 8 rings (SSSR count). The molecule has 40 heavy (non-hydrogen) atoms. The number of hydrogen-bond acceptors (Lipinski definition) is 7. The van der Waals surface area contributed by atoms with Gasteiger partial charge in [0, 0.05) is 48.4 Å². The highest BCUT2D eigenvalue weighted by molar-refractivity contribution is 6.46. The van der Waals surface area contributed by atoms with Crippen molar-refractivity contribution >= 4 is 45.5 Å². The molecular weight excluding hydrogens is 543 g/mol. The van der Waals surface area contributed by atoms with E-state index in [0.717, 1.165) is 54.0 Å². The lowest BCUT2D eigenvalue weighted by Crippen LogP contribution is -2.52. The second-order valence-electron chi connectivity index (χ2n) is 12.4. The van der Waals surface area contributed by atoms with E-state index in [1.54, 1.807) is 0 Å². The first-order valence-electron chi connectivity index (χ1n) is 15.0. The van der Waals surface area contributed by atoms with E-state index in [0.29, 0.717) is 41.3 Å². The van der Waals surface area contributed by atoms with Gasteiger partial charge in [0.25, 0.3) is 0 Å². The molecule has 2 aromatic carbocycles. The van der Waals surface area contributed by atoms with E-state index in [-0.39, 0.29) is 5.54 Å². The molecule has 5 aliphatic heterocycles. The molecule has 0 amide bonds. The van der Waals surface area contributed by atoms with Gasteiger partial charge >= 0.3 is 6.01 Å². The average Bonchev–Trinajstić information content (AvgIpc) is 3.66. The zero-order valence-electron chi connectivity index (χ0n) is 22.8. The van der Waals surface area contributed by atoms with Crippen LogP contribution in [0.2, 0.25) is 10.0 Å². The minimum atomic E-state index is 0.165. The van der Waals surface area contributed by atoms with Gasteiger partial charge < -0.3 is 19.9 Å². The van der Waals surface area contributed by atoms with Crippen LogP contribution in [0.15, 0.2) is 30.3 Å². The standard InChI is InChI=1S/C31H36Cl2N6O/c32-24-9-6-20-4-1-5-26(27(20)28(24)33)37-15-10-23-25(18-37)35-30(40-19-31-11-2-13-39(31)14-3-12-31)36-29(23)38-16-21-7-8-22(17-38)34-21/h1,4-6,9,21-22,34H,2-3,7-8,10-19H2/t21-,22+. The number of benzene rings is 2. The number of anilines is 2. The monoisotopic (exact) mass is 578 g/mol. The third kappa shape index (κ3) is 4.23. The minimum absolute atomic E-state index is 0.165. The summed E-state index contributed by atoms with van der Waals surface area (Å²) in [4.78, 5) is 17.8. The first-order valence-corrected chi connectivity index (χ1v) is 15.7. The molecule has 4 saturated heterocycles. The third-order valence-electron chi connectivity index (χ3n) is 10.1. The summed E-state index contributed by atoms with van der Waals surface area (Å²) in [6.07, 6.45) is 8.32. The Balaban J connectivity index is 1.15. The van der Waals surface area contributed by atoms with E-state index in [1.165, 1.54) is 57.2 Å². The van der Waals surface area contributed by atoms with Crippen molar-refractivity contribution in [2.24, 2.45) is 0 Å². The lowest BCUT2D eigenvalue weighted by Gasteiger charge is -2.38. The highest BCUT2D eigenvalue weighted by atomic mass is 35.5. The smallest absolute Gasteiger partial charge is 0.318 e. The summed E-state index contributed by atoms with van der Waals surface area (Å²) in [7, 11) is 0. The summed E-state index contributed by atoms with van der Waals surface area (Å²) in [5.74, 6) is 1.09. The fourth-order valence-electron chi connectivity index (χ4n) is 8.10. The predicted octanol–water partition coefficient (Wildman–Crippen LogP) is 5.45. The predicted molar refractivity (Wildman–Crippen MR) is 161 cm³/mol. The minimum Gasteiger partial charge on any atom is -0.461 e. The van der Waals surface area contributed by atoms with Crippen LogP contribution in [-0.4, -0.2) is 71.8 Å². The first-order chi connectivity index (χ1) is 19.6. The number of ether oxygens (including phenoxy) is 1. The number of nitrogens with one attached hydrogen (secondary N) is 1. The van der Waals surface area contributed by atoms with Crippen molar-refractivity contribution in [2.75, 3.05) is 49.1 Å². The molecule has 3 aromatic rings. The Morgan fingerprint density at radius 1 is 0.950 bits per heavy atom. The van der Waals surface area contributed by atoms with Gasteiger partial charge in [0.2, 0.25) is 0 Å². The van der Waals surface area contributed by atoms with Crippen molar-refractivity contribution in [1.82, 2.24) is 20.2 Å². The molecule has 0 spiro atoms. The maximum atomic E-state index is 6.76. The SMILES string of the molecule is Clc1ccc2cccc(N3CCc4c(nc(OCC56CCCN5CCC6)nc4N4C[C@H]5CC[C@@H](C4)N5)C3)c2c1Cl. The fraction of sp³-hybridized carbons (Fsp3) is 0.548. The molecule has 1 N–H and O–H groups in total. The summed E-state index contributed by atoms with van der Waals surface area (Å²) in [6.45, 7) is 6.63. The summed E-state index contributed by atoms with van der Waals surface area (Å²) < 4.78 is 6.54. The van der Waals surface area contributed by atoms with Gasteiger partial charge in [-0.15, -0.1) is 0 Å². The molecule has 2 bridgehead atoms. The Labute approximate surface area is 245 Å². The number of halogens is 2. The molecular formula is C31H36Cl2N6O. The Hall–Kier alpha value is -2.32. The number of nitrogens with zero attached hydrogens (tertiary/aromatic N) is 5. The topological polar surface area (TPSA) is 56.8 Å². The average molecular weight is 580 g/mol. The van der Waals surface area contributed by atoms with Gasteiger partial charge in [0.15, 0.2) is 0 Å². The van der Waals surface area contributed by atoms with E-state index < -0.39 is 0 Å². The van der Waals surface area contributed by atoms with Crippen LogP contribution < -0.4 is 19.9 Å². The summed E-state index contributed by atoms with van der Waals surface area (Å²) in [6, 6.07) is 11.9. The van der Waals surface area contributed by atoms with Crippen LogP contribution in [0.5, 0.6) is 6.01 Å². The van der Waals surface area contributed by atoms with Crippen LogP contribution in [-0.2, 0) is 13.0 Å². The van der Waals surface area contributed by atoms with Crippen molar-refractivity contribution < 1.29 is 4.74 Å². The number of hydrogen-bond donors (Lipinski definition) is 1. The molecule has 210 valence electrons. The molecule has 4 fully saturated rings. The largest absolute Gasteiger partial charge is 0.461 e. The number of aromatic nitrogens is 2. The quantitative estimate of drug-likeness (QED) is 0.432. The second-order valence-corrected chi connectivity index (χ2v) is 13.2. The van der Waals surface area contributed by atoms with Crippen molar-refractivity contribution in [3.63, 3.8) is 0 Å². The first kappa shape index (κ1) is 25.4. The van der Waals surface area contributed by atoms with Crippen LogP contribution in [0.4, 0.5) is 11.5 Å². The number of fused-ring (bicyclic) bond motifs is 5. The molecule has 0 radical (unpaired) electrons. The van der Waals surface area contributed by atoms with Crippen molar-refractivity contribution in [3.8, 4) is 6.01 Å². The zero-order chi connectivity index (χ0) is 26.8. The fourth-order valence-corrected chi connectivity index (χ4v) is 8.53. The van der Waals surface area contributed by atoms with Crippen molar-refractivity contribution in [2.45, 2.75) is 69.1 Å². The van der Waals surface area contributed by atoms with Crippen LogP contribution in [0.25, 0.3) is 10.8 Å². The lowest BCUT2D eigenvalue weighted by molar-refractivity contribution is 0.107. The second kappa shape index (κ2) is 9.90. The molecule has 9 heteroatoms. The number of rotatable bonds is 5. The van der Waals surface area contributed by atoms with E-state index in [2.05, 4.69) is 38.2 Å². The van der Waals surface area contributed by atoms with Gasteiger partial charge in [-0.2, -0.15) is 9.97 Å². The number of piperazine rings is 1. The lowest BCUT2D eigenvalue weighted by atomic mass is 9.95. The maximum Gasteiger partial charge on any atom is 0.318 e. The van der Waals surface area contributed by atoms with Gasteiger partial charge in [-0.25, -0.2) is 0 Å². The van der Waals surface area contributed by atoms with Gasteiger partial charge in [-0.05, 0) is 75.6 Å². The molecule has 0 unspecified atom stereocenters. The van der Waals surface area contributed by atoms with E-state index in [9.17, 15) is 0 Å². The Morgan fingerprint density at radius 2 is 1.75 bits per heavy atom. The molecule has 5 aliphatic rings. The molecule has 7 nitrogen and oxygen atoms in total. The van der Waals surface area contributed by atoms with Crippen molar-refractivity contribution in [1.29, 1.82) is 0 Å². The highest BCUT2D eigenvalue weighted by Gasteiger charge is 2.45. The summed E-state index contributed by atoms with van der Waals surface area (Å²) >= 11 is 13.2. The maximum absolute atomic E-state index is 6.76. The molecule has 0 aliphatic carbocycles. The Bertz CT molecular complexity index is 1440.